The van der Waals surface area contributed by atoms with E-state index in [9.17, 15) is 9.00 Å². The van der Waals surface area contributed by atoms with Crippen molar-refractivity contribution in [3.63, 3.8) is 0 Å². The number of halogens is 2. The van der Waals surface area contributed by atoms with Crippen molar-refractivity contribution in [2.24, 2.45) is 0 Å². The molecule has 104 valence electrons. The van der Waals surface area contributed by atoms with Crippen LogP contribution in [-0.4, -0.2) is 15.2 Å². The van der Waals surface area contributed by atoms with Crippen LogP contribution in [0.5, 0.6) is 0 Å². The van der Waals surface area contributed by atoms with Gasteiger partial charge in [0.15, 0.2) is 5.78 Å². The summed E-state index contributed by atoms with van der Waals surface area (Å²) in [6.45, 7) is 1.68. The van der Waals surface area contributed by atoms with E-state index in [2.05, 4.69) is 15.9 Å². The second-order valence-corrected chi connectivity index (χ2v) is 7.39. The SMILES string of the molecule is CC(C(=O)c1ccc(Br)cc1)S(=O)c1ccc(Cl)cc1. The molecule has 0 N–H and O–H groups in total. The highest BCUT2D eigenvalue weighted by atomic mass is 79.9. The van der Waals surface area contributed by atoms with E-state index in [1.165, 1.54) is 0 Å². The van der Waals surface area contributed by atoms with E-state index >= 15 is 0 Å². The van der Waals surface area contributed by atoms with Gasteiger partial charge in [0.1, 0.15) is 0 Å². The first-order valence-electron chi connectivity index (χ1n) is 5.95. The molecule has 2 rings (SSSR count). The van der Waals surface area contributed by atoms with E-state index in [4.69, 9.17) is 11.6 Å². The third-order valence-corrected chi connectivity index (χ3v) is 5.24. The molecule has 0 radical (unpaired) electrons. The third kappa shape index (κ3) is 3.57. The van der Waals surface area contributed by atoms with E-state index in [0.29, 0.717) is 15.5 Å². The monoisotopic (exact) mass is 370 g/mol. The summed E-state index contributed by atoms with van der Waals surface area (Å²) in [6, 6.07) is 13.8. The molecule has 2 aromatic rings. The van der Waals surface area contributed by atoms with Crippen LogP contribution in [-0.2, 0) is 10.8 Å². The van der Waals surface area contributed by atoms with Crippen molar-refractivity contribution in [3.8, 4) is 0 Å². The summed E-state index contributed by atoms with van der Waals surface area (Å²) in [7, 11) is -1.39. The number of hydrogen-bond acceptors (Lipinski definition) is 2. The molecule has 2 aromatic carbocycles. The summed E-state index contributed by atoms with van der Waals surface area (Å²) in [5, 5.41) is -0.0185. The highest BCUT2D eigenvalue weighted by Crippen LogP contribution is 2.19. The molecular formula is C15H12BrClO2S. The number of rotatable bonds is 4. The van der Waals surface area contributed by atoms with Gasteiger partial charge in [-0.05, 0) is 43.3 Å². The van der Waals surface area contributed by atoms with E-state index < -0.39 is 16.0 Å². The van der Waals surface area contributed by atoms with Gasteiger partial charge in [0, 0.05) is 20.0 Å². The largest absolute Gasteiger partial charge is 0.293 e. The first-order chi connectivity index (χ1) is 9.49. The minimum atomic E-state index is -1.39. The lowest BCUT2D eigenvalue weighted by Gasteiger charge is -2.11. The standard InChI is InChI=1S/C15H12BrClO2S/c1-10(15(18)11-2-4-12(16)5-3-11)20(19)14-8-6-13(17)7-9-14/h2-10H,1H3. The van der Waals surface area contributed by atoms with Gasteiger partial charge >= 0.3 is 0 Å². The number of carbonyl (C=O) groups is 1. The Balaban J connectivity index is 2.20. The molecule has 5 heteroatoms. The van der Waals surface area contributed by atoms with Crippen LogP contribution in [0.15, 0.2) is 57.9 Å². The minimum Gasteiger partial charge on any atom is -0.293 e. The maximum atomic E-state index is 12.4. The van der Waals surface area contributed by atoms with E-state index in [1.54, 1.807) is 55.5 Å². The van der Waals surface area contributed by atoms with Gasteiger partial charge in [0.2, 0.25) is 0 Å². The summed E-state index contributed by atoms with van der Waals surface area (Å²) in [4.78, 5) is 12.9. The number of Topliss-reactive ketones (excluding diaryl/α,β-unsaturated/α-hetero) is 1. The van der Waals surface area contributed by atoms with Crippen LogP contribution >= 0.6 is 27.5 Å². The van der Waals surface area contributed by atoms with Crippen LogP contribution in [0.4, 0.5) is 0 Å². The molecule has 0 aliphatic rings. The molecule has 0 heterocycles. The Morgan fingerprint density at radius 3 is 2.20 bits per heavy atom. The lowest BCUT2D eigenvalue weighted by molar-refractivity contribution is 0.0992. The lowest BCUT2D eigenvalue weighted by atomic mass is 10.1. The summed E-state index contributed by atoms with van der Waals surface area (Å²) in [5.74, 6) is -0.134. The van der Waals surface area contributed by atoms with Gasteiger partial charge < -0.3 is 0 Å². The first kappa shape index (κ1) is 15.4. The second kappa shape index (κ2) is 6.66. The Labute approximate surface area is 133 Å². The van der Waals surface area contributed by atoms with Gasteiger partial charge in [-0.15, -0.1) is 0 Å². The number of ketones is 1. The second-order valence-electron chi connectivity index (χ2n) is 4.26. The average Bonchev–Trinajstić information content (AvgIpc) is 2.46. The summed E-state index contributed by atoms with van der Waals surface area (Å²) in [6.07, 6.45) is 0. The number of benzene rings is 2. The predicted molar refractivity (Wildman–Crippen MR) is 85.8 cm³/mol. The molecule has 2 atom stereocenters. The highest BCUT2D eigenvalue weighted by molar-refractivity contribution is 9.10. The van der Waals surface area contributed by atoms with Crippen molar-refractivity contribution in [2.45, 2.75) is 17.1 Å². The summed E-state index contributed by atoms with van der Waals surface area (Å²) >= 11 is 9.12. The van der Waals surface area contributed by atoms with Crippen molar-refractivity contribution in [3.05, 3.63) is 63.6 Å². The van der Waals surface area contributed by atoms with E-state index in [0.717, 1.165) is 4.47 Å². The molecule has 0 aromatic heterocycles. The fourth-order valence-corrected chi connectivity index (χ4v) is 3.25. The van der Waals surface area contributed by atoms with Crippen LogP contribution in [0.2, 0.25) is 5.02 Å². The highest BCUT2D eigenvalue weighted by Gasteiger charge is 2.22. The maximum Gasteiger partial charge on any atom is 0.178 e. The normalized spacial score (nSPS) is 13.8. The van der Waals surface area contributed by atoms with Crippen LogP contribution < -0.4 is 0 Å². The van der Waals surface area contributed by atoms with Crippen molar-refractivity contribution in [1.82, 2.24) is 0 Å². The fourth-order valence-electron chi connectivity index (χ4n) is 1.72. The number of carbonyl (C=O) groups excluding carboxylic acids is 1. The molecule has 20 heavy (non-hydrogen) atoms. The Hall–Kier alpha value is -0.970. The van der Waals surface area contributed by atoms with Crippen LogP contribution in [0.25, 0.3) is 0 Å². The Bertz CT molecular complexity index is 580. The van der Waals surface area contributed by atoms with Gasteiger partial charge in [-0.25, -0.2) is 0 Å². The van der Waals surface area contributed by atoms with Crippen molar-refractivity contribution in [2.75, 3.05) is 0 Å². The van der Waals surface area contributed by atoms with Gasteiger partial charge in [0.25, 0.3) is 0 Å². The summed E-state index contributed by atoms with van der Waals surface area (Å²) < 4.78 is 13.3. The van der Waals surface area contributed by atoms with E-state index in [1.807, 2.05) is 0 Å². The van der Waals surface area contributed by atoms with Crippen molar-refractivity contribution < 1.29 is 9.00 Å². The molecule has 2 nitrogen and oxygen atoms in total. The Kier molecular flexibility index (Phi) is 5.13. The fraction of sp³-hybridized carbons (Fsp3) is 0.133. The van der Waals surface area contributed by atoms with Gasteiger partial charge in [-0.1, -0.05) is 39.7 Å². The molecule has 0 bridgehead atoms. The molecule has 0 aliphatic carbocycles. The molecule has 0 fully saturated rings. The first-order valence-corrected chi connectivity index (χ1v) is 8.33. The smallest absolute Gasteiger partial charge is 0.178 e. The lowest BCUT2D eigenvalue weighted by Crippen LogP contribution is -2.22. The zero-order valence-electron chi connectivity index (χ0n) is 10.7. The maximum absolute atomic E-state index is 12.4. The van der Waals surface area contributed by atoms with Crippen LogP contribution in [0.1, 0.15) is 17.3 Å². The topological polar surface area (TPSA) is 34.1 Å². The zero-order valence-corrected chi connectivity index (χ0v) is 13.8. The molecular weight excluding hydrogens is 360 g/mol. The molecule has 0 aliphatic heterocycles. The van der Waals surface area contributed by atoms with Gasteiger partial charge in [-0.2, -0.15) is 0 Å². The van der Waals surface area contributed by atoms with Crippen molar-refractivity contribution >= 4 is 44.1 Å². The average molecular weight is 372 g/mol. The number of hydrogen-bond donors (Lipinski definition) is 0. The van der Waals surface area contributed by atoms with Crippen LogP contribution in [0, 0.1) is 0 Å². The predicted octanol–water partition coefficient (Wildman–Crippen LogP) is 4.48. The third-order valence-electron chi connectivity index (χ3n) is 2.87. The van der Waals surface area contributed by atoms with Gasteiger partial charge in [-0.3, -0.25) is 9.00 Å². The van der Waals surface area contributed by atoms with Crippen molar-refractivity contribution in [1.29, 1.82) is 0 Å². The minimum absolute atomic E-state index is 0.134. The van der Waals surface area contributed by atoms with E-state index in [-0.39, 0.29) is 5.78 Å². The van der Waals surface area contributed by atoms with Crippen LogP contribution in [0.3, 0.4) is 0 Å². The molecule has 2 unspecified atom stereocenters. The molecule has 0 saturated heterocycles. The molecule has 0 amide bonds. The Morgan fingerprint density at radius 2 is 1.65 bits per heavy atom. The summed E-state index contributed by atoms with van der Waals surface area (Å²) in [5.41, 5.74) is 0.558. The Morgan fingerprint density at radius 1 is 1.10 bits per heavy atom. The molecule has 0 saturated carbocycles. The quantitative estimate of drug-likeness (QED) is 0.743. The zero-order chi connectivity index (χ0) is 14.7. The van der Waals surface area contributed by atoms with Gasteiger partial charge in [0.05, 0.1) is 16.0 Å². The molecule has 0 spiro atoms.